The summed E-state index contributed by atoms with van der Waals surface area (Å²) in [5, 5.41) is 0. The monoisotopic (exact) mass is 275 g/mol. The van der Waals surface area contributed by atoms with Crippen molar-refractivity contribution in [1.29, 1.82) is 0 Å². The van der Waals surface area contributed by atoms with Crippen molar-refractivity contribution in [1.82, 2.24) is 4.90 Å². The number of ether oxygens (including phenoxy) is 1. The Balaban J connectivity index is 1.99. The second-order valence-electron chi connectivity index (χ2n) is 6.16. The van der Waals surface area contributed by atoms with Crippen molar-refractivity contribution in [3.05, 3.63) is 35.9 Å². The van der Waals surface area contributed by atoms with E-state index < -0.39 is 0 Å². The van der Waals surface area contributed by atoms with Crippen LogP contribution in [0.1, 0.15) is 44.5 Å². The fraction of sp³-hybridized carbons (Fsp3) is 0.588. The highest BCUT2D eigenvalue weighted by Crippen LogP contribution is 2.27. The lowest BCUT2D eigenvalue weighted by Crippen LogP contribution is -2.51. The molecular weight excluding hydrogens is 250 g/mol. The van der Waals surface area contributed by atoms with Crippen molar-refractivity contribution in [3.63, 3.8) is 0 Å². The molecule has 1 aromatic rings. The van der Waals surface area contributed by atoms with Gasteiger partial charge in [-0.1, -0.05) is 25.1 Å². The van der Waals surface area contributed by atoms with E-state index in [-0.39, 0.29) is 12.1 Å². The number of carbonyl (C=O) groups is 1. The number of hydrogen-bond acceptors (Lipinski definition) is 3. The van der Waals surface area contributed by atoms with E-state index >= 15 is 0 Å². The first-order valence-corrected chi connectivity index (χ1v) is 7.50. The third kappa shape index (κ3) is 3.40. The Morgan fingerprint density at radius 1 is 1.25 bits per heavy atom. The third-order valence-electron chi connectivity index (χ3n) is 4.20. The Morgan fingerprint density at radius 3 is 2.50 bits per heavy atom. The Morgan fingerprint density at radius 2 is 1.90 bits per heavy atom. The molecule has 1 aromatic carbocycles. The zero-order valence-corrected chi connectivity index (χ0v) is 12.9. The number of hydrogen-bond donors (Lipinski definition) is 0. The van der Waals surface area contributed by atoms with Gasteiger partial charge in [-0.25, -0.2) is 4.79 Å². The van der Waals surface area contributed by atoms with Gasteiger partial charge >= 0.3 is 5.97 Å². The van der Waals surface area contributed by atoms with Gasteiger partial charge in [0.05, 0.1) is 5.56 Å². The average molecular weight is 275 g/mol. The molecule has 0 aliphatic carbocycles. The first-order chi connectivity index (χ1) is 9.49. The van der Waals surface area contributed by atoms with Crippen LogP contribution in [0.15, 0.2) is 30.3 Å². The quantitative estimate of drug-likeness (QED) is 0.792. The van der Waals surface area contributed by atoms with Crippen LogP contribution in [0.2, 0.25) is 0 Å². The van der Waals surface area contributed by atoms with Gasteiger partial charge in [0, 0.05) is 31.0 Å². The minimum absolute atomic E-state index is 0.0210. The maximum Gasteiger partial charge on any atom is 0.338 e. The summed E-state index contributed by atoms with van der Waals surface area (Å²) in [6, 6.07) is 10.2. The van der Waals surface area contributed by atoms with Crippen LogP contribution < -0.4 is 0 Å². The van der Waals surface area contributed by atoms with Crippen molar-refractivity contribution >= 4 is 5.97 Å². The SMILES string of the molecule is CC(C)N1C[C@H](C)[C@@H](OC(=O)c2ccccc2)C[C@H]1C. The van der Waals surface area contributed by atoms with Crippen molar-refractivity contribution in [3.8, 4) is 0 Å². The lowest BCUT2D eigenvalue weighted by molar-refractivity contribution is -0.0329. The molecule has 1 fully saturated rings. The highest BCUT2D eigenvalue weighted by atomic mass is 16.5. The molecule has 0 unspecified atom stereocenters. The van der Waals surface area contributed by atoms with Crippen LogP contribution in [-0.2, 0) is 4.74 Å². The Labute approximate surface area is 121 Å². The molecule has 1 aliphatic heterocycles. The summed E-state index contributed by atoms with van der Waals surface area (Å²) < 4.78 is 5.72. The molecule has 1 heterocycles. The maximum atomic E-state index is 12.1. The summed E-state index contributed by atoms with van der Waals surface area (Å²) in [6.07, 6.45) is 0.936. The lowest BCUT2D eigenvalue weighted by atomic mass is 9.90. The highest BCUT2D eigenvalue weighted by molar-refractivity contribution is 5.89. The molecule has 1 saturated heterocycles. The molecule has 3 heteroatoms. The molecule has 0 amide bonds. The smallest absolute Gasteiger partial charge is 0.338 e. The van der Waals surface area contributed by atoms with E-state index in [1.165, 1.54) is 0 Å². The molecule has 0 saturated carbocycles. The van der Waals surface area contributed by atoms with Crippen molar-refractivity contribution in [2.24, 2.45) is 5.92 Å². The molecule has 1 aliphatic rings. The number of nitrogens with zero attached hydrogens (tertiary/aromatic N) is 1. The van der Waals surface area contributed by atoms with Gasteiger partial charge in [0.1, 0.15) is 6.10 Å². The molecule has 0 radical (unpaired) electrons. The predicted molar refractivity (Wildman–Crippen MR) is 80.7 cm³/mol. The summed E-state index contributed by atoms with van der Waals surface area (Å²) in [5.41, 5.74) is 0.638. The molecule has 3 nitrogen and oxygen atoms in total. The highest BCUT2D eigenvalue weighted by Gasteiger charge is 2.34. The summed E-state index contributed by atoms with van der Waals surface area (Å²) in [5.74, 6) is 0.175. The van der Waals surface area contributed by atoms with Gasteiger partial charge in [-0.05, 0) is 32.9 Å². The number of esters is 1. The second kappa shape index (κ2) is 6.40. The molecule has 0 bridgehead atoms. The number of carbonyl (C=O) groups excluding carboxylic acids is 1. The minimum atomic E-state index is -0.201. The molecular formula is C17H25NO2. The van der Waals surface area contributed by atoms with Gasteiger partial charge in [-0.2, -0.15) is 0 Å². The van der Waals surface area contributed by atoms with E-state index in [0.29, 0.717) is 23.6 Å². The summed E-state index contributed by atoms with van der Waals surface area (Å²) in [6.45, 7) is 9.82. The minimum Gasteiger partial charge on any atom is -0.458 e. The van der Waals surface area contributed by atoms with E-state index in [1.54, 1.807) is 12.1 Å². The average Bonchev–Trinajstić information content (AvgIpc) is 2.43. The molecule has 2 rings (SSSR count). The molecule has 20 heavy (non-hydrogen) atoms. The first-order valence-electron chi connectivity index (χ1n) is 7.50. The maximum absolute atomic E-state index is 12.1. The Hall–Kier alpha value is -1.35. The van der Waals surface area contributed by atoms with Crippen LogP contribution >= 0.6 is 0 Å². The van der Waals surface area contributed by atoms with E-state index in [1.807, 2.05) is 18.2 Å². The van der Waals surface area contributed by atoms with E-state index in [4.69, 9.17) is 4.74 Å². The normalized spacial score (nSPS) is 27.6. The van der Waals surface area contributed by atoms with Crippen LogP contribution in [0.5, 0.6) is 0 Å². The van der Waals surface area contributed by atoms with Crippen molar-refractivity contribution < 1.29 is 9.53 Å². The van der Waals surface area contributed by atoms with Gasteiger partial charge in [0.25, 0.3) is 0 Å². The molecule has 0 N–H and O–H groups in total. The number of piperidine rings is 1. The van der Waals surface area contributed by atoms with Crippen LogP contribution in [-0.4, -0.2) is 35.6 Å². The van der Waals surface area contributed by atoms with Crippen LogP contribution in [0.3, 0.4) is 0 Å². The van der Waals surface area contributed by atoms with E-state index in [9.17, 15) is 4.79 Å². The van der Waals surface area contributed by atoms with Gasteiger partial charge in [0.15, 0.2) is 0 Å². The topological polar surface area (TPSA) is 29.5 Å². The van der Waals surface area contributed by atoms with Crippen molar-refractivity contribution in [2.75, 3.05) is 6.54 Å². The summed E-state index contributed by atoms with van der Waals surface area (Å²) >= 11 is 0. The third-order valence-corrected chi connectivity index (χ3v) is 4.20. The Bertz CT molecular complexity index is 444. The second-order valence-corrected chi connectivity index (χ2v) is 6.16. The van der Waals surface area contributed by atoms with Gasteiger partial charge in [-0.15, -0.1) is 0 Å². The molecule has 0 aromatic heterocycles. The van der Waals surface area contributed by atoms with Crippen LogP contribution in [0.25, 0.3) is 0 Å². The first kappa shape index (κ1) is 15.0. The van der Waals surface area contributed by atoms with Crippen LogP contribution in [0.4, 0.5) is 0 Å². The number of benzene rings is 1. The molecule has 0 spiro atoms. The van der Waals surface area contributed by atoms with Gasteiger partial charge < -0.3 is 4.74 Å². The largest absolute Gasteiger partial charge is 0.458 e. The van der Waals surface area contributed by atoms with Gasteiger partial charge in [-0.3, -0.25) is 4.90 Å². The van der Waals surface area contributed by atoms with Crippen LogP contribution in [0, 0.1) is 5.92 Å². The Kier molecular flexibility index (Phi) is 4.81. The zero-order valence-electron chi connectivity index (χ0n) is 12.9. The van der Waals surface area contributed by atoms with Gasteiger partial charge in [0.2, 0.25) is 0 Å². The standard InChI is InChI=1S/C17H25NO2/c1-12(2)18-11-13(3)16(10-14(18)4)20-17(19)15-8-6-5-7-9-15/h5-9,12-14,16H,10-11H2,1-4H3/t13-,14+,16-/m0/s1. The number of likely N-dealkylation sites (tertiary alicyclic amines) is 1. The predicted octanol–water partition coefficient (Wildman–Crippen LogP) is 3.35. The van der Waals surface area contributed by atoms with E-state index in [0.717, 1.165) is 13.0 Å². The zero-order chi connectivity index (χ0) is 14.7. The molecule has 3 atom stereocenters. The fourth-order valence-electron chi connectivity index (χ4n) is 3.00. The van der Waals surface area contributed by atoms with Crippen molar-refractivity contribution in [2.45, 2.75) is 52.3 Å². The fourth-order valence-corrected chi connectivity index (χ4v) is 3.00. The lowest BCUT2D eigenvalue weighted by Gasteiger charge is -2.43. The van der Waals surface area contributed by atoms with E-state index in [2.05, 4.69) is 32.6 Å². The number of rotatable bonds is 3. The molecule has 110 valence electrons. The summed E-state index contributed by atoms with van der Waals surface area (Å²) in [4.78, 5) is 14.6. The summed E-state index contributed by atoms with van der Waals surface area (Å²) in [7, 11) is 0.